The highest BCUT2D eigenvalue weighted by Gasteiger charge is 2.25. The molecule has 1 amide bonds. The topological polar surface area (TPSA) is 49.8 Å². The molecule has 1 N–H and O–H groups in total. The number of hydrogen-bond donors (Lipinski definition) is 1. The van der Waals surface area contributed by atoms with Crippen molar-refractivity contribution >= 4 is 6.09 Å². The second-order valence-electron chi connectivity index (χ2n) is 5.61. The van der Waals surface area contributed by atoms with E-state index in [-0.39, 0.29) is 17.9 Å². The Morgan fingerprint density at radius 2 is 1.84 bits per heavy atom. The van der Waals surface area contributed by atoms with Gasteiger partial charge in [-0.15, -0.1) is 0 Å². The molecule has 4 nitrogen and oxygen atoms in total. The summed E-state index contributed by atoms with van der Waals surface area (Å²) in [5, 5.41) is 9.31. The number of ether oxygens (including phenoxy) is 1. The van der Waals surface area contributed by atoms with E-state index < -0.39 is 5.60 Å². The predicted octanol–water partition coefficient (Wildman–Crippen LogP) is 3.71. The molecule has 1 aromatic carbocycles. The first-order valence-electron chi connectivity index (χ1n) is 6.49. The number of nitrogens with zero attached hydrogens (tertiary/aromatic N) is 1. The molecule has 0 radical (unpaired) electrons. The average Bonchev–Trinajstić information content (AvgIpc) is 2.30. The van der Waals surface area contributed by atoms with Gasteiger partial charge in [0.05, 0.1) is 6.04 Å². The molecule has 0 spiro atoms. The number of carbonyl (C=O) groups excluding carboxylic acids is 1. The fourth-order valence-electron chi connectivity index (χ4n) is 1.89. The van der Waals surface area contributed by atoms with Crippen LogP contribution in [0.5, 0.6) is 5.75 Å². The van der Waals surface area contributed by atoms with Crippen molar-refractivity contribution in [3.8, 4) is 5.75 Å². The average molecular weight is 265 g/mol. The van der Waals surface area contributed by atoms with Crippen LogP contribution in [-0.2, 0) is 4.74 Å². The minimum absolute atomic E-state index is 0.0598. The van der Waals surface area contributed by atoms with Gasteiger partial charge in [0.15, 0.2) is 0 Å². The van der Waals surface area contributed by atoms with Gasteiger partial charge in [0.1, 0.15) is 11.4 Å². The summed E-state index contributed by atoms with van der Waals surface area (Å²) >= 11 is 0. The summed E-state index contributed by atoms with van der Waals surface area (Å²) in [5.41, 5.74) is 0.479. The first-order valence-corrected chi connectivity index (χ1v) is 6.49. The number of aromatic hydroxyl groups is 1. The minimum Gasteiger partial charge on any atom is -0.508 e. The summed E-state index contributed by atoms with van der Waals surface area (Å²) in [5.74, 6) is 0.221. The maximum Gasteiger partial charge on any atom is 0.410 e. The summed E-state index contributed by atoms with van der Waals surface area (Å²) in [4.78, 5) is 13.6. The van der Waals surface area contributed by atoms with Crippen LogP contribution in [0.25, 0.3) is 0 Å². The number of rotatable bonds is 3. The Hall–Kier alpha value is -1.71. The SMILES string of the molecule is CCC(c1ccc(O)cc1)N(C)C(=O)OC(C)(C)C. The number of phenols is 1. The first kappa shape index (κ1) is 15.3. The lowest BCUT2D eigenvalue weighted by Crippen LogP contribution is -2.36. The third kappa shape index (κ3) is 4.47. The van der Waals surface area contributed by atoms with E-state index in [1.807, 2.05) is 39.8 Å². The zero-order chi connectivity index (χ0) is 14.6. The third-order valence-electron chi connectivity index (χ3n) is 2.81. The highest BCUT2D eigenvalue weighted by Crippen LogP contribution is 2.26. The maximum atomic E-state index is 12.1. The molecular formula is C15H23NO3. The van der Waals surface area contributed by atoms with Gasteiger partial charge in [-0.1, -0.05) is 19.1 Å². The van der Waals surface area contributed by atoms with E-state index in [1.165, 1.54) is 0 Å². The molecule has 0 saturated heterocycles. The van der Waals surface area contributed by atoms with Crippen LogP contribution in [0.1, 0.15) is 45.7 Å². The monoisotopic (exact) mass is 265 g/mol. The zero-order valence-corrected chi connectivity index (χ0v) is 12.3. The van der Waals surface area contributed by atoms with E-state index in [1.54, 1.807) is 24.1 Å². The van der Waals surface area contributed by atoms with Crippen LogP contribution in [0, 0.1) is 0 Å². The molecule has 0 aliphatic heterocycles. The molecule has 0 saturated carbocycles. The first-order chi connectivity index (χ1) is 8.74. The lowest BCUT2D eigenvalue weighted by Gasteiger charge is -2.30. The standard InChI is InChI=1S/C15H23NO3/c1-6-13(11-7-9-12(17)10-8-11)16(5)14(18)19-15(2,3)4/h7-10,13,17H,6H2,1-5H3. The fourth-order valence-corrected chi connectivity index (χ4v) is 1.89. The van der Waals surface area contributed by atoms with Crippen molar-refractivity contribution in [2.24, 2.45) is 0 Å². The van der Waals surface area contributed by atoms with Gasteiger partial charge in [-0.05, 0) is 44.9 Å². The van der Waals surface area contributed by atoms with Gasteiger partial charge in [0.2, 0.25) is 0 Å². The third-order valence-corrected chi connectivity index (χ3v) is 2.81. The smallest absolute Gasteiger partial charge is 0.410 e. The number of amides is 1. The summed E-state index contributed by atoms with van der Waals surface area (Å²) in [6, 6.07) is 6.84. The van der Waals surface area contributed by atoms with E-state index in [0.29, 0.717) is 0 Å². The van der Waals surface area contributed by atoms with Crippen LogP contribution >= 0.6 is 0 Å². The van der Waals surface area contributed by atoms with Crippen LogP contribution in [0.4, 0.5) is 4.79 Å². The van der Waals surface area contributed by atoms with Gasteiger partial charge in [0, 0.05) is 7.05 Å². The Morgan fingerprint density at radius 1 is 1.32 bits per heavy atom. The molecule has 0 aliphatic carbocycles. The zero-order valence-electron chi connectivity index (χ0n) is 12.3. The van der Waals surface area contributed by atoms with Gasteiger partial charge in [-0.25, -0.2) is 4.79 Å². The summed E-state index contributed by atoms with van der Waals surface area (Å²) in [7, 11) is 1.73. The van der Waals surface area contributed by atoms with E-state index in [0.717, 1.165) is 12.0 Å². The van der Waals surface area contributed by atoms with Crippen molar-refractivity contribution in [3.63, 3.8) is 0 Å². The Kier molecular flexibility index (Phi) is 4.81. The molecule has 0 fully saturated rings. The normalized spacial score (nSPS) is 12.9. The fraction of sp³-hybridized carbons (Fsp3) is 0.533. The molecule has 1 unspecified atom stereocenters. The molecule has 1 aromatic rings. The van der Waals surface area contributed by atoms with Gasteiger partial charge < -0.3 is 14.7 Å². The Morgan fingerprint density at radius 3 is 2.26 bits per heavy atom. The van der Waals surface area contributed by atoms with Gasteiger partial charge >= 0.3 is 6.09 Å². The largest absolute Gasteiger partial charge is 0.508 e. The number of carbonyl (C=O) groups is 1. The molecule has 0 aliphatic rings. The summed E-state index contributed by atoms with van der Waals surface area (Å²) < 4.78 is 5.37. The number of benzene rings is 1. The Labute approximate surface area is 115 Å². The highest BCUT2D eigenvalue weighted by molar-refractivity contribution is 5.68. The van der Waals surface area contributed by atoms with Crippen LogP contribution in [0.15, 0.2) is 24.3 Å². The second kappa shape index (κ2) is 5.95. The lowest BCUT2D eigenvalue weighted by molar-refractivity contribution is 0.0215. The molecule has 0 aromatic heterocycles. The molecule has 1 rings (SSSR count). The van der Waals surface area contributed by atoms with Gasteiger partial charge in [-0.2, -0.15) is 0 Å². The van der Waals surface area contributed by atoms with Crippen LogP contribution in [-0.4, -0.2) is 28.7 Å². The van der Waals surface area contributed by atoms with Gasteiger partial charge in [0.25, 0.3) is 0 Å². The van der Waals surface area contributed by atoms with Crippen molar-refractivity contribution in [3.05, 3.63) is 29.8 Å². The molecule has 0 heterocycles. The molecule has 1 atom stereocenters. The van der Waals surface area contributed by atoms with E-state index in [4.69, 9.17) is 4.74 Å². The molecule has 0 bridgehead atoms. The highest BCUT2D eigenvalue weighted by atomic mass is 16.6. The van der Waals surface area contributed by atoms with Crippen molar-refractivity contribution in [1.29, 1.82) is 0 Å². The van der Waals surface area contributed by atoms with Crippen molar-refractivity contribution in [1.82, 2.24) is 4.90 Å². The van der Waals surface area contributed by atoms with E-state index in [9.17, 15) is 9.90 Å². The quantitative estimate of drug-likeness (QED) is 0.906. The lowest BCUT2D eigenvalue weighted by atomic mass is 10.0. The van der Waals surface area contributed by atoms with Crippen molar-refractivity contribution in [2.45, 2.75) is 45.8 Å². The Bertz CT molecular complexity index is 420. The van der Waals surface area contributed by atoms with Gasteiger partial charge in [-0.3, -0.25) is 0 Å². The second-order valence-corrected chi connectivity index (χ2v) is 5.61. The molecular weight excluding hydrogens is 242 g/mol. The molecule has 106 valence electrons. The predicted molar refractivity (Wildman–Crippen MR) is 75.1 cm³/mol. The van der Waals surface area contributed by atoms with Crippen LogP contribution < -0.4 is 0 Å². The number of phenolic OH excluding ortho intramolecular Hbond substituents is 1. The number of hydrogen-bond acceptors (Lipinski definition) is 3. The van der Waals surface area contributed by atoms with Crippen LogP contribution in [0.3, 0.4) is 0 Å². The molecule has 4 heteroatoms. The van der Waals surface area contributed by atoms with Crippen molar-refractivity contribution in [2.75, 3.05) is 7.05 Å². The van der Waals surface area contributed by atoms with Crippen molar-refractivity contribution < 1.29 is 14.6 Å². The Balaban J connectivity index is 2.85. The summed E-state index contributed by atoms with van der Waals surface area (Å²) in [6.07, 6.45) is 0.438. The maximum absolute atomic E-state index is 12.1. The minimum atomic E-state index is -0.501. The molecule has 19 heavy (non-hydrogen) atoms. The van der Waals surface area contributed by atoms with Crippen LogP contribution in [0.2, 0.25) is 0 Å². The van der Waals surface area contributed by atoms with E-state index in [2.05, 4.69) is 0 Å². The summed E-state index contributed by atoms with van der Waals surface area (Å²) in [6.45, 7) is 7.55. The van der Waals surface area contributed by atoms with E-state index >= 15 is 0 Å².